The van der Waals surface area contributed by atoms with Gasteiger partial charge in [0.1, 0.15) is 6.04 Å². The number of hydrogen-bond acceptors (Lipinski definition) is 5. The lowest BCUT2D eigenvalue weighted by Gasteiger charge is -2.40. The molecule has 2 saturated heterocycles. The molecule has 4 rings (SSSR count). The first-order chi connectivity index (χ1) is 16.1. The fourth-order valence-electron chi connectivity index (χ4n) is 5.03. The van der Waals surface area contributed by atoms with Gasteiger partial charge in [-0.2, -0.15) is 23.5 Å². The maximum absolute atomic E-state index is 13.4. The standard InChI is InChI=1S/C23H25F3N6O2/c1-28-20(33)19-10-22(14-32(19)21(34)16-12-29-30(2)13-16)5-7-31(8-6-22)17-4-3-15(11-27)18(9-17)23(24,25)26/h3-4,9,12-13,19H,5-8,10,14H2,1-2H3,(H,28,33). The van der Waals surface area contributed by atoms with Gasteiger partial charge in [0.05, 0.1) is 29.0 Å². The van der Waals surface area contributed by atoms with Gasteiger partial charge in [0.15, 0.2) is 0 Å². The fourth-order valence-corrected chi connectivity index (χ4v) is 5.03. The number of aromatic nitrogens is 2. The molecule has 2 aliphatic heterocycles. The van der Waals surface area contributed by atoms with E-state index >= 15 is 0 Å². The molecule has 11 heteroatoms. The van der Waals surface area contributed by atoms with Crippen LogP contribution in [0, 0.1) is 16.7 Å². The third-order valence-corrected chi connectivity index (χ3v) is 6.89. The number of likely N-dealkylation sites (tertiary alicyclic amines) is 1. The molecule has 34 heavy (non-hydrogen) atoms. The van der Waals surface area contributed by atoms with Crippen molar-refractivity contribution in [1.82, 2.24) is 20.0 Å². The van der Waals surface area contributed by atoms with Gasteiger partial charge in [-0.15, -0.1) is 0 Å². The number of nitrogens with zero attached hydrogens (tertiary/aromatic N) is 5. The van der Waals surface area contributed by atoms with Crippen molar-refractivity contribution >= 4 is 17.5 Å². The zero-order valence-corrected chi connectivity index (χ0v) is 18.9. The van der Waals surface area contributed by atoms with E-state index in [2.05, 4.69) is 10.4 Å². The molecule has 2 aromatic rings. The molecule has 1 aromatic heterocycles. The number of aryl methyl sites for hydroxylation is 1. The van der Waals surface area contributed by atoms with Crippen molar-refractivity contribution in [1.29, 1.82) is 5.26 Å². The quantitative estimate of drug-likeness (QED) is 0.738. The second kappa shape index (κ2) is 8.66. The van der Waals surface area contributed by atoms with E-state index in [0.717, 1.165) is 6.07 Å². The molecule has 1 N–H and O–H groups in total. The molecule has 3 heterocycles. The molecule has 0 radical (unpaired) electrons. The van der Waals surface area contributed by atoms with Crippen LogP contribution in [0.1, 0.15) is 40.7 Å². The monoisotopic (exact) mass is 474 g/mol. The zero-order valence-electron chi connectivity index (χ0n) is 18.9. The highest BCUT2D eigenvalue weighted by atomic mass is 19.4. The summed E-state index contributed by atoms with van der Waals surface area (Å²) in [5.41, 5.74) is -0.834. The van der Waals surface area contributed by atoms with E-state index in [1.165, 1.54) is 30.1 Å². The predicted molar refractivity (Wildman–Crippen MR) is 117 cm³/mol. The van der Waals surface area contributed by atoms with Crippen LogP contribution < -0.4 is 10.2 Å². The molecule has 1 atom stereocenters. The van der Waals surface area contributed by atoms with E-state index in [9.17, 15) is 22.8 Å². The number of alkyl halides is 3. The summed E-state index contributed by atoms with van der Waals surface area (Å²) in [6.07, 6.45) is 0.211. The Labute approximate surface area is 194 Å². The zero-order chi connectivity index (χ0) is 24.7. The van der Waals surface area contributed by atoms with E-state index in [1.807, 2.05) is 4.90 Å². The molecule has 2 aliphatic rings. The van der Waals surface area contributed by atoms with Crippen LogP contribution in [-0.4, -0.2) is 59.2 Å². The van der Waals surface area contributed by atoms with E-state index in [0.29, 0.717) is 50.1 Å². The van der Waals surface area contributed by atoms with Gasteiger partial charge < -0.3 is 15.1 Å². The maximum Gasteiger partial charge on any atom is 0.417 e. The van der Waals surface area contributed by atoms with Crippen LogP contribution in [0.5, 0.6) is 0 Å². The fraction of sp³-hybridized carbons (Fsp3) is 0.478. The molecule has 0 saturated carbocycles. The SMILES string of the molecule is CNC(=O)C1CC2(CCN(c3ccc(C#N)c(C(F)(F)F)c3)CC2)CN1C(=O)c1cnn(C)c1. The highest BCUT2D eigenvalue weighted by Gasteiger charge is 2.50. The number of nitriles is 1. The number of nitrogens with one attached hydrogen (secondary N) is 1. The number of halogens is 3. The van der Waals surface area contributed by atoms with Gasteiger partial charge in [0.2, 0.25) is 5.91 Å². The molecule has 2 fully saturated rings. The van der Waals surface area contributed by atoms with E-state index in [-0.39, 0.29) is 17.2 Å². The molecule has 1 unspecified atom stereocenters. The Hall–Kier alpha value is -3.55. The molecule has 0 aliphatic carbocycles. The van der Waals surface area contributed by atoms with Crippen molar-refractivity contribution in [2.24, 2.45) is 12.5 Å². The Balaban J connectivity index is 1.53. The predicted octanol–water partition coefficient (Wildman–Crippen LogP) is 2.56. The number of benzene rings is 1. The Kier molecular flexibility index (Phi) is 6.02. The number of rotatable bonds is 3. The van der Waals surface area contributed by atoms with Gasteiger partial charge in [0.25, 0.3) is 5.91 Å². The van der Waals surface area contributed by atoms with Crippen LogP contribution in [0.4, 0.5) is 18.9 Å². The van der Waals surface area contributed by atoms with Crippen molar-refractivity contribution in [2.75, 3.05) is 31.6 Å². The Morgan fingerprint density at radius 2 is 1.97 bits per heavy atom. The van der Waals surface area contributed by atoms with Gasteiger partial charge >= 0.3 is 6.18 Å². The van der Waals surface area contributed by atoms with Crippen LogP contribution in [0.25, 0.3) is 0 Å². The number of carbonyl (C=O) groups excluding carboxylic acids is 2. The molecule has 2 amide bonds. The summed E-state index contributed by atoms with van der Waals surface area (Å²) >= 11 is 0. The van der Waals surface area contributed by atoms with Crippen LogP contribution >= 0.6 is 0 Å². The molecule has 1 spiro atoms. The number of anilines is 1. The van der Waals surface area contributed by atoms with Crippen molar-refractivity contribution in [3.05, 3.63) is 47.3 Å². The molecular weight excluding hydrogens is 449 g/mol. The van der Waals surface area contributed by atoms with E-state index < -0.39 is 23.3 Å². The Morgan fingerprint density at radius 1 is 1.26 bits per heavy atom. The lowest BCUT2D eigenvalue weighted by molar-refractivity contribution is -0.137. The first-order valence-corrected chi connectivity index (χ1v) is 10.9. The summed E-state index contributed by atoms with van der Waals surface area (Å²) in [6, 6.07) is 4.75. The topological polar surface area (TPSA) is 94.3 Å². The van der Waals surface area contributed by atoms with Crippen molar-refractivity contribution in [3.63, 3.8) is 0 Å². The maximum atomic E-state index is 13.4. The summed E-state index contributed by atoms with van der Waals surface area (Å²) in [5.74, 6) is -0.499. The minimum atomic E-state index is -4.61. The number of amides is 2. The van der Waals surface area contributed by atoms with Crippen LogP contribution in [0.2, 0.25) is 0 Å². The lowest BCUT2D eigenvalue weighted by Crippen LogP contribution is -2.45. The smallest absolute Gasteiger partial charge is 0.371 e. The summed E-state index contributed by atoms with van der Waals surface area (Å²) in [7, 11) is 3.24. The summed E-state index contributed by atoms with van der Waals surface area (Å²) < 4.78 is 41.7. The van der Waals surface area contributed by atoms with Crippen LogP contribution in [-0.2, 0) is 18.0 Å². The van der Waals surface area contributed by atoms with Crippen molar-refractivity contribution in [3.8, 4) is 6.07 Å². The number of likely N-dealkylation sites (N-methyl/N-ethyl adjacent to an activating group) is 1. The molecule has 1 aromatic carbocycles. The highest BCUT2D eigenvalue weighted by molar-refractivity contribution is 5.97. The van der Waals surface area contributed by atoms with Crippen LogP contribution in [0.15, 0.2) is 30.6 Å². The first-order valence-electron chi connectivity index (χ1n) is 10.9. The molecule has 180 valence electrons. The number of piperidine rings is 1. The average Bonchev–Trinajstić information content (AvgIpc) is 3.42. The van der Waals surface area contributed by atoms with E-state index in [1.54, 1.807) is 24.2 Å². The largest absolute Gasteiger partial charge is 0.417 e. The van der Waals surface area contributed by atoms with Gasteiger partial charge in [-0.3, -0.25) is 14.3 Å². The van der Waals surface area contributed by atoms with Gasteiger partial charge in [-0.05, 0) is 42.9 Å². The van der Waals surface area contributed by atoms with Crippen LogP contribution in [0.3, 0.4) is 0 Å². The number of hydrogen-bond donors (Lipinski definition) is 1. The van der Waals surface area contributed by atoms with Crippen molar-refractivity contribution in [2.45, 2.75) is 31.5 Å². The average molecular weight is 474 g/mol. The number of carbonyl (C=O) groups is 2. The second-order valence-corrected chi connectivity index (χ2v) is 9.00. The third-order valence-electron chi connectivity index (χ3n) is 6.89. The minimum absolute atomic E-state index is 0.238. The molecule has 8 nitrogen and oxygen atoms in total. The lowest BCUT2D eigenvalue weighted by atomic mass is 9.76. The van der Waals surface area contributed by atoms with Gasteiger partial charge in [-0.25, -0.2) is 0 Å². The normalized spacial score (nSPS) is 19.8. The second-order valence-electron chi connectivity index (χ2n) is 9.00. The first kappa shape index (κ1) is 23.6. The Morgan fingerprint density at radius 3 is 2.53 bits per heavy atom. The highest BCUT2D eigenvalue weighted by Crippen LogP contribution is 2.45. The minimum Gasteiger partial charge on any atom is -0.371 e. The third kappa shape index (κ3) is 4.32. The van der Waals surface area contributed by atoms with Gasteiger partial charge in [-0.1, -0.05) is 0 Å². The molecule has 0 bridgehead atoms. The summed E-state index contributed by atoms with van der Waals surface area (Å²) in [4.78, 5) is 29.2. The summed E-state index contributed by atoms with van der Waals surface area (Å²) in [5, 5.41) is 15.7. The Bertz CT molecular complexity index is 1140. The van der Waals surface area contributed by atoms with E-state index in [4.69, 9.17) is 5.26 Å². The van der Waals surface area contributed by atoms with Gasteiger partial charge in [0, 0.05) is 45.6 Å². The molecular formula is C23H25F3N6O2. The summed E-state index contributed by atoms with van der Waals surface area (Å²) in [6.45, 7) is 1.37. The van der Waals surface area contributed by atoms with Crippen molar-refractivity contribution < 1.29 is 22.8 Å².